The van der Waals surface area contributed by atoms with Gasteiger partial charge in [0, 0.05) is 12.5 Å². The van der Waals surface area contributed by atoms with E-state index in [1.165, 1.54) is 5.56 Å². The van der Waals surface area contributed by atoms with Gasteiger partial charge in [0.05, 0.1) is 4.47 Å². The summed E-state index contributed by atoms with van der Waals surface area (Å²) in [6.45, 7) is 1.02. The number of hydrogen-bond donors (Lipinski definition) is 0. The summed E-state index contributed by atoms with van der Waals surface area (Å²) >= 11 is 3.47. The van der Waals surface area contributed by atoms with E-state index in [-0.39, 0.29) is 0 Å². The predicted octanol–water partition coefficient (Wildman–Crippen LogP) is 2.98. The highest BCUT2D eigenvalue weighted by Gasteiger charge is 2.01. The summed E-state index contributed by atoms with van der Waals surface area (Å²) in [6, 6.07) is 14.6. The third-order valence-electron chi connectivity index (χ3n) is 2.32. The standard InChI is InChI=1S/C13H13BrN/c14-13-7-4-9-15(11-13)10-8-12-5-2-1-3-6-12/h1-7,9,11H,8,10H2/q+1. The average molecular weight is 263 g/mol. The minimum Gasteiger partial charge on any atom is -0.204 e. The van der Waals surface area contributed by atoms with Crippen molar-refractivity contribution in [3.05, 3.63) is 64.9 Å². The SMILES string of the molecule is Brc1ccc[n+](CCc2ccccc2)c1. The summed E-state index contributed by atoms with van der Waals surface area (Å²) in [4.78, 5) is 0. The molecule has 1 heterocycles. The predicted molar refractivity (Wildman–Crippen MR) is 64.5 cm³/mol. The lowest BCUT2D eigenvalue weighted by Crippen LogP contribution is -2.33. The first-order valence-electron chi connectivity index (χ1n) is 5.03. The van der Waals surface area contributed by atoms with Crippen molar-refractivity contribution < 1.29 is 4.57 Å². The number of nitrogens with zero attached hydrogens (tertiary/aromatic N) is 1. The molecule has 1 aromatic heterocycles. The zero-order valence-electron chi connectivity index (χ0n) is 8.44. The highest BCUT2D eigenvalue weighted by atomic mass is 79.9. The Morgan fingerprint density at radius 2 is 1.80 bits per heavy atom. The van der Waals surface area contributed by atoms with E-state index in [2.05, 4.69) is 69.3 Å². The zero-order valence-corrected chi connectivity index (χ0v) is 10.0. The van der Waals surface area contributed by atoms with Crippen molar-refractivity contribution in [2.75, 3.05) is 0 Å². The van der Waals surface area contributed by atoms with Crippen molar-refractivity contribution in [2.24, 2.45) is 0 Å². The molecule has 2 aromatic rings. The van der Waals surface area contributed by atoms with E-state index in [4.69, 9.17) is 0 Å². The van der Waals surface area contributed by atoms with Gasteiger partial charge in [-0.2, -0.15) is 0 Å². The molecule has 0 bridgehead atoms. The van der Waals surface area contributed by atoms with Crippen LogP contribution in [0.25, 0.3) is 0 Å². The average Bonchev–Trinajstić information content (AvgIpc) is 2.28. The Morgan fingerprint density at radius 3 is 2.53 bits per heavy atom. The second-order valence-corrected chi connectivity index (χ2v) is 4.41. The molecular weight excluding hydrogens is 250 g/mol. The van der Waals surface area contributed by atoms with E-state index in [9.17, 15) is 0 Å². The van der Waals surface area contributed by atoms with E-state index in [1.807, 2.05) is 6.07 Å². The molecule has 0 atom stereocenters. The van der Waals surface area contributed by atoms with Gasteiger partial charge in [0.2, 0.25) is 0 Å². The molecule has 0 saturated carbocycles. The van der Waals surface area contributed by atoms with Crippen molar-refractivity contribution in [1.29, 1.82) is 0 Å². The molecule has 0 radical (unpaired) electrons. The van der Waals surface area contributed by atoms with Crippen LogP contribution in [0.2, 0.25) is 0 Å². The summed E-state index contributed by atoms with van der Waals surface area (Å²) in [5.74, 6) is 0. The van der Waals surface area contributed by atoms with Crippen LogP contribution >= 0.6 is 15.9 Å². The molecule has 15 heavy (non-hydrogen) atoms. The van der Waals surface area contributed by atoms with Gasteiger partial charge in [-0.25, -0.2) is 4.57 Å². The Hall–Kier alpha value is -1.15. The highest BCUT2D eigenvalue weighted by Crippen LogP contribution is 2.04. The van der Waals surface area contributed by atoms with Crippen LogP contribution in [0.5, 0.6) is 0 Å². The number of rotatable bonds is 3. The lowest BCUT2D eigenvalue weighted by Gasteiger charge is -1.98. The van der Waals surface area contributed by atoms with Gasteiger partial charge < -0.3 is 0 Å². The molecule has 0 saturated heterocycles. The van der Waals surface area contributed by atoms with Crippen molar-refractivity contribution >= 4 is 15.9 Å². The smallest absolute Gasteiger partial charge is 0.183 e. The summed E-state index contributed by atoms with van der Waals surface area (Å²) in [5, 5.41) is 0. The highest BCUT2D eigenvalue weighted by molar-refractivity contribution is 9.10. The molecule has 0 amide bonds. The molecule has 1 nitrogen and oxygen atoms in total. The van der Waals surface area contributed by atoms with Crippen LogP contribution in [-0.4, -0.2) is 0 Å². The minimum atomic E-state index is 1.02. The molecule has 0 aliphatic carbocycles. The van der Waals surface area contributed by atoms with E-state index in [1.54, 1.807) is 0 Å². The van der Waals surface area contributed by atoms with E-state index < -0.39 is 0 Å². The van der Waals surface area contributed by atoms with Crippen molar-refractivity contribution in [2.45, 2.75) is 13.0 Å². The fourth-order valence-corrected chi connectivity index (χ4v) is 1.95. The third kappa shape index (κ3) is 3.17. The monoisotopic (exact) mass is 262 g/mol. The van der Waals surface area contributed by atoms with Gasteiger partial charge >= 0.3 is 0 Å². The largest absolute Gasteiger partial charge is 0.204 e. The maximum absolute atomic E-state index is 3.47. The second-order valence-electron chi connectivity index (χ2n) is 3.50. The summed E-state index contributed by atoms with van der Waals surface area (Å²) in [6.07, 6.45) is 5.26. The lowest BCUT2D eigenvalue weighted by atomic mass is 10.1. The normalized spacial score (nSPS) is 10.2. The first-order valence-corrected chi connectivity index (χ1v) is 5.82. The zero-order chi connectivity index (χ0) is 10.5. The van der Waals surface area contributed by atoms with E-state index in [0.717, 1.165) is 17.4 Å². The van der Waals surface area contributed by atoms with Crippen LogP contribution in [-0.2, 0) is 13.0 Å². The molecule has 2 heteroatoms. The summed E-state index contributed by atoms with van der Waals surface area (Å²) in [5.41, 5.74) is 1.38. The van der Waals surface area contributed by atoms with Crippen LogP contribution in [0.15, 0.2) is 59.3 Å². The fraction of sp³-hybridized carbons (Fsp3) is 0.154. The van der Waals surface area contributed by atoms with Gasteiger partial charge in [-0.1, -0.05) is 30.3 Å². The Kier molecular flexibility index (Phi) is 3.51. The first-order chi connectivity index (χ1) is 7.34. The third-order valence-corrected chi connectivity index (χ3v) is 2.79. The molecule has 0 fully saturated rings. The van der Waals surface area contributed by atoms with Gasteiger partial charge in [0.1, 0.15) is 0 Å². The van der Waals surface area contributed by atoms with Gasteiger partial charge in [-0.15, -0.1) is 0 Å². The van der Waals surface area contributed by atoms with Crippen molar-refractivity contribution in [3.63, 3.8) is 0 Å². The Balaban J connectivity index is 1.99. The van der Waals surface area contributed by atoms with Crippen LogP contribution < -0.4 is 4.57 Å². The van der Waals surface area contributed by atoms with Crippen LogP contribution in [0.1, 0.15) is 5.56 Å². The number of aryl methyl sites for hydroxylation is 2. The summed E-state index contributed by atoms with van der Waals surface area (Å²) < 4.78 is 3.31. The number of halogens is 1. The number of aromatic nitrogens is 1. The maximum atomic E-state index is 3.47. The quantitative estimate of drug-likeness (QED) is 0.749. The van der Waals surface area contributed by atoms with E-state index >= 15 is 0 Å². The lowest BCUT2D eigenvalue weighted by molar-refractivity contribution is -0.697. The molecule has 0 aliphatic heterocycles. The van der Waals surface area contributed by atoms with E-state index in [0.29, 0.717) is 0 Å². The van der Waals surface area contributed by atoms with Gasteiger partial charge in [0.15, 0.2) is 18.9 Å². The number of pyridine rings is 1. The topological polar surface area (TPSA) is 3.88 Å². The Labute approximate surface area is 98.5 Å². The van der Waals surface area contributed by atoms with Crippen molar-refractivity contribution in [1.82, 2.24) is 0 Å². The second kappa shape index (κ2) is 5.08. The van der Waals surface area contributed by atoms with Gasteiger partial charge in [0.25, 0.3) is 0 Å². The Morgan fingerprint density at radius 1 is 1.00 bits per heavy atom. The van der Waals surface area contributed by atoms with Crippen LogP contribution in [0, 0.1) is 0 Å². The molecule has 2 rings (SSSR count). The first kappa shape index (κ1) is 10.4. The Bertz CT molecular complexity index is 426. The molecule has 76 valence electrons. The fourth-order valence-electron chi connectivity index (χ4n) is 1.53. The molecule has 1 aromatic carbocycles. The van der Waals surface area contributed by atoms with Crippen LogP contribution in [0.4, 0.5) is 0 Å². The molecule has 0 aliphatic rings. The molecule has 0 unspecified atom stereocenters. The van der Waals surface area contributed by atoms with Gasteiger partial charge in [-0.3, -0.25) is 0 Å². The molecule has 0 N–H and O–H groups in total. The van der Waals surface area contributed by atoms with Crippen LogP contribution in [0.3, 0.4) is 0 Å². The maximum Gasteiger partial charge on any atom is 0.183 e. The molecular formula is C13H13BrN+. The minimum absolute atomic E-state index is 1.02. The van der Waals surface area contributed by atoms with Gasteiger partial charge in [-0.05, 0) is 27.6 Å². The number of hydrogen-bond acceptors (Lipinski definition) is 0. The van der Waals surface area contributed by atoms with Crippen molar-refractivity contribution in [3.8, 4) is 0 Å². The molecule has 0 spiro atoms. The summed E-state index contributed by atoms with van der Waals surface area (Å²) in [7, 11) is 0. The number of benzene rings is 1.